The van der Waals surface area contributed by atoms with Crippen LogP contribution in [0, 0.1) is 6.92 Å². The molecule has 1 N–H and O–H groups in total. The van der Waals surface area contributed by atoms with Crippen molar-refractivity contribution in [3.63, 3.8) is 0 Å². The molecular formula is C14H15N3S2. The summed E-state index contributed by atoms with van der Waals surface area (Å²) in [5.74, 6) is 0. The maximum Gasteiger partial charge on any atom is 0.111 e. The van der Waals surface area contributed by atoms with Gasteiger partial charge >= 0.3 is 0 Å². The van der Waals surface area contributed by atoms with Crippen LogP contribution in [0.25, 0.3) is 10.2 Å². The third-order valence-corrected chi connectivity index (χ3v) is 5.04. The number of nitrogens with one attached hydrogen (secondary N) is 1. The predicted octanol–water partition coefficient (Wildman–Crippen LogP) is 3.91. The second-order valence-electron chi connectivity index (χ2n) is 4.49. The van der Waals surface area contributed by atoms with Gasteiger partial charge in [0.05, 0.1) is 16.3 Å². The first-order valence-corrected chi connectivity index (χ1v) is 7.86. The number of fused-ring (bicyclic) bond motifs is 1. The number of para-hydroxylation sites is 1. The summed E-state index contributed by atoms with van der Waals surface area (Å²) < 4.78 is 1.25. The highest BCUT2D eigenvalue weighted by atomic mass is 32.1. The molecule has 0 aliphatic rings. The molecule has 5 heteroatoms. The lowest BCUT2D eigenvalue weighted by Gasteiger charge is -2.08. The number of hydrogen-bond acceptors (Lipinski definition) is 5. The number of aryl methyl sites for hydroxylation is 1. The normalized spacial score (nSPS) is 12.9. The Balaban J connectivity index is 1.71. The van der Waals surface area contributed by atoms with Crippen molar-refractivity contribution < 1.29 is 0 Å². The molecule has 2 aromatic heterocycles. The molecule has 98 valence electrons. The Morgan fingerprint density at radius 3 is 2.84 bits per heavy atom. The molecule has 1 atom stereocenters. The quantitative estimate of drug-likeness (QED) is 0.791. The minimum Gasteiger partial charge on any atom is -0.302 e. The van der Waals surface area contributed by atoms with Crippen molar-refractivity contribution in [2.45, 2.75) is 26.4 Å². The monoisotopic (exact) mass is 289 g/mol. The zero-order valence-corrected chi connectivity index (χ0v) is 12.5. The van der Waals surface area contributed by atoms with E-state index in [-0.39, 0.29) is 6.04 Å². The van der Waals surface area contributed by atoms with Gasteiger partial charge < -0.3 is 5.32 Å². The Bertz CT molecular complexity index is 654. The number of thiazole rings is 2. The predicted molar refractivity (Wildman–Crippen MR) is 81.7 cm³/mol. The summed E-state index contributed by atoms with van der Waals surface area (Å²) in [6.45, 7) is 5.03. The minimum atomic E-state index is 0.251. The highest BCUT2D eigenvalue weighted by molar-refractivity contribution is 7.18. The number of rotatable bonds is 4. The number of benzene rings is 1. The third-order valence-electron chi connectivity index (χ3n) is 2.91. The van der Waals surface area contributed by atoms with Gasteiger partial charge in [0, 0.05) is 17.6 Å². The first kappa shape index (κ1) is 12.7. The van der Waals surface area contributed by atoms with Crippen molar-refractivity contribution in [2.75, 3.05) is 0 Å². The van der Waals surface area contributed by atoms with E-state index >= 15 is 0 Å². The zero-order valence-electron chi connectivity index (χ0n) is 10.9. The largest absolute Gasteiger partial charge is 0.302 e. The van der Waals surface area contributed by atoms with E-state index in [2.05, 4.69) is 47.3 Å². The molecule has 0 aliphatic carbocycles. The van der Waals surface area contributed by atoms with Crippen LogP contribution in [0.1, 0.15) is 27.9 Å². The highest BCUT2D eigenvalue weighted by Gasteiger charge is 2.11. The molecule has 0 radical (unpaired) electrons. The van der Waals surface area contributed by atoms with Gasteiger partial charge in [0.2, 0.25) is 0 Å². The molecule has 3 nitrogen and oxygen atoms in total. The molecule has 3 rings (SSSR count). The van der Waals surface area contributed by atoms with Gasteiger partial charge in [-0.3, -0.25) is 0 Å². The number of nitrogens with zero attached hydrogens (tertiary/aromatic N) is 2. The second-order valence-corrected chi connectivity index (χ2v) is 6.87. The molecule has 0 spiro atoms. The van der Waals surface area contributed by atoms with Crippen molar-refractivity contribution in [1.82, 2.24) is 15.3 Å². The number of hydrogen-bond donors (Lipinski definition) is 1. The Labute approximate surface area is 120 Å². The molecule has 0 saturated carbocycles. The van der Waals surface area contributed by atoms with Gasteiger partial charge in [-0.1, -0.05) is 12.1 Å². The molecule has 0 bridgehead atoms. The summed E-state index contributed by atoms with van der Waals surface area (Å²) >= 11 is 3.49. The molecule has 0 fully saturated rings. The molecule has 0 saturated heterocycles. The molecule has 0 amide bonds. The van der Waals surface area contributed by atoms with E-state index in [9.17, 15) is 0 Å². The smallest absolute Gasteiger partial charge is 0.111 e. The van der Waals surface area contributed by atoms with E-state index in [1.165, 1.54) is 9.58 Å². The minimum absolute atomic E-state index is 0.251. The molecule has 3 aromatic rings. The van der Waals surface area contributed by atoms with E-state index in [1.54, 1.807) is 22.7 Å². The van der Waals surface area contributed by atoms with Gasteiger partial charge in [0.15, 0.2) is 0 Å². The molecular weight excluding hydrogens is 274 g/mol. The van der Waals surface area contributed by atoms with E-state index in [4.69, 9.17) is 0 Å². The van der Waals surface area contributed by atoms with Crippen LogP contribution in [0.5, 0.6) is 0 Å². The highest BCUT2D eigenvalue weighted by Crippen LogP contribution is 2.26. The Morgan fingerprint density at radius 1 is 1.26 bits per heavy atom. The van der Waals surface area contributed by atoms with Crippen LogP contribution in [-0.4, -0.2) is 9.97 Å². The molecule has 19 heavy (non-hydrogen) atoms. The zero-order chi connectivity index (χ0) is 13.2. The third kappa shape index (κ3) is 2.83. The summed E-state index contributed by atoms with van der Waals surface area (Å²) in [4.78, 5) is 10.3. The van der Waals surface area contributed by atoms with Crippen LogP contribution >= 0.6 is 22.7 Å². The first-order valence-electron chi connectivity index (χ1n) is 6.22. The maximum atomic E-state index is 4.67. The number of aromatic nitrogens is 2. The summed E-state index contributed by atoms with van der Waals surface area (Å²) in [5, 5.41) is 5.75. The second kappa shape index (κ2) is 5.36. The van der Waals surface area contributed by atoms with Crippen LogP contribution in [0.4, 0.5) is 0 Å². The average Bonchev–Trinajstić information content (AvgIpc) is 3.01. The van der Waals surface area contributed by atoms with Crippen molar-refractivity contribution >= 4 is 32.9 Å². The average molecular weight is 289 g/mol. The molecule has 1 aromatic carbocycles. The van der Waals surface area contributed by atoms with Gasteiger partial charge in [-0.15, -0.1) is 22.7 Å². The van der Waals surface area contributed by atoms with Gasteiger partial charge in [-0.25, -0.2) is 9.97 Å². The summed E-state index contributed by atoms with van der Waals surface area (Å²) in [6.07, 6.45) is 1.92. The van der Waals surface area contributed by atoms with Gasteiger partial charge in [0.25, 0.3) is 0 Å². The van der Waals surface area contributed by atoms with Gasteiger partial charge in [0.1, 0.15) is 10.0 Å². The fourth-order valence-corrected chi connectivity index (χ4v) is 3.62. The van der Waals surface area contributed by atoms with Crippen LogP contribution in [0.2, 0.25) is 0 Å². The SMILES string of the molecule is Cc1cnc(CNC(C)c2nc3ccccc3s2)s1. The van der Waals surface area contributed by atoms with Crippen molar-refractivity contribution in [3.8, 4) is 0 Å². The van der Waals surface area contributed by atoms with Crippen molar-refractivity contribution in [2.24, 2.45) is 0 Å². The molecule has 0 aliphatic heterocycles. The van der Waals surface area contributed by atoms with Crippen LogP contribution < -0.4 is 5.32 Å². The first-order chi connectivity index (χ1) is 9.22. The van der Waals surface area contributed by atoms with Crippen LogP contribution in [-0.2, 0) is 6.54 Å². The standard InChI is InChI=1S/C14H15N3S2/c1-9-7-16-13(18-9)8-15-10(2)14-17-11-5-3-4-6-12(11)19-14/h3-7,10,15H,8H2,1-2H3. The summed E-state index contributed by atoms with van der Waals surface area (Å²) in [7, 11) is 0. The lowest BCUT2D eigenvalue weighted by atomic mass is 10.3. The lowest BCUT2D eigenvalue weighted by Crippen LogP contribution is -2.17. The van der Waals surface area contributed by atoms with Gasteiger partial charge in [-0.2, -0.15) is 0 Å². The van der Waals surface area contributed by atoms with E-state index in [0.717, 1.165) is 22.1 Å². The van der Waals surface area contributed by atoms with Crippen LogP contribution in [0.3, 0.4) is 0 Å². The Hall–Kier alpha value is -1.30. The maximum absolute atomic E-state index is 4.67. The Kier molecular flexibility index (Phi) is 3.59. The fraction of sp³-hybridized carbons (Fsp3) is 0.286. The topological polar surface area (TPSA) is 37.8 Å². The van der Waals surface area contributed by atoms with E-state index in [1.807, 2.05) is 12.3 Å². The van der Waals surface area contributed by atoms with Crippen LogP contribution in [0.15, 0.2) is 30.5 Å². The Morgan fingerprint density at radius 2 is 2.11 bits per heavy atom. The lowest BCUT2D eigenvalue weighted by molar-refractivity contribution is 0.571. The van der Waals surface area contributed by atoms with Gasteiger partial charge in [-0.05, 0) is 26.0 Å². The summed E-state index contributed by atoms with van der Waals surface area (Å²) in [6, 6.07) is 8.52. The van der Waals surface area contributed by atoms with E-state index < -0.39 is 0 Å². The van der Waals surface area contributed by atoms with Crippen molar-refractivity contribution in [3.05, 3.63) is 45.4 Å². The summed E-state index contributed by atoms with van der Waals surface area (Å²) in [5.41, 5.74) is 1.08. The fourth-order valence-electron chi connectivity index (χ4n) is 1.89. The molecule has 2 heterocycles. The van der Waals surface area contributed by atoms with Crippen molar-refractivity contribution in [1.29, 1.82) is 0 Å². The molecule has 1 unspecified atom stereocenters. The van der Waals surface area contributed by atoms with E-state index in [0.29, 0.717) is 0 Å².